The average Bonchev–Trinajstić information content (AvgIpc) is 0.791. The van der Waals surface area contributed by atoms with Gasteiger partial charge >= 0.3 is 0 Å². The maximum absolute atomic E-state index is 11.0. The predicted molar refractivity (Wildman–Crippen MR) is 541 cm³/mol. The summed E-state index contributed by atoms with van der Waals surface area (Å²) in [5, 5.41) is 12.9. The highest BCUT2D eigenvalue weighted by Gasteiger charge is 2.45. The van der Waals surface area contributed by atoms with Gasteiger partial charge in [0.2, 0.25) is 0 Å². The van der Waals surface area contributed by atoms with E-state index in [-0.39, 0.29) is 28.4 Å². The topological polar surface area (TPSA) is 113 Å². The maximum Gasteiger partial charge on any atom is 0.252 e. The lowest BCUT2D eigenvalue weighted by Crippen LogP contribution is -2.61. The van der Waals surface area contributed by atoms with E-state index in [1.165, 1.54) is 49.8 Å². The lowest BCUT2D eigenvalue weighted by molar-refractivity contribution is 0.568. The number of fused-ring (bicyclic) bond motifs is 7. The normalized spacial score (nSPS) is 12.6. The van der Waals surface area contributed by atoms with E-state index >= 15 is 0 Å². The number of anilines is 6. The van der Waals surface area contributed by atoms with E-state index in [1.807, 2.05) is 140 Å². The molecule has 2 aliphatic rings. The molecule has 0 saturated heterocycles. The molecule has 11 heteroatoms. The summed E-state index contributed by atoms with van der Waals surface area (Å²) in [4.78, 5) is 36.9. The number of aromatic nitrogens is 7. The van der Waals surface area contributed by atoms with Crippen LogP contribution in [0, 0.1) is 11.3 Å². The number of hydrogen-bond donors (Lipinski definition) is 0. The Kier molecular flexibility index (Phi) is 20.1. The Hall–Kier alpha value is -15.5. The van der Waals surface area contributed by atoms with Crippen molar-refractivity contribution < 1.29 is 0 Å². The Labute approximate surface area is 761 Å². The highest BCUT2D eigenvalue weighted by atomic mass is 15.2. The van der Waals surface area contributed by atoms with Crippen LogP contribution >= 0.6 is 0 Å². The molecular formula is C119H97BN10. The summed E-state index contributed by atoms with van der Waals surface area (Å²) in [6, 6.07) is 136. The molecule has 0 unspecified atom stereocenters. The van der Waals surface area contributed by atoms with Crippen LogP contribution in [0.15, 0.2) is 370 Å². The van der Waals surface area contributed by atoms with Crippen molar-refractivity contribution in [2.45, 2.75) is 105 Å². The molecule has 0 N–H and O–H groups in total. The molecule has 0 radical (unpaired) electrons. The molecule has 0 spiro atoms. The Morgan fingerprint density at radius 1 is 0.238 bits per heavy atom. The first kappa shape index (κ1) is 81.5. The van der Waals surface area contributed by atoms with Crippen LogP contribution in [0.25, 0.3) is 151 Å². The standard InChI is InChI=1S/C119H97BN10/c1-116(2,3)91-62-88(63-92(72-91)117(4,5)6)85-49-59-105-100(68-85)120-101-69-86(89-64-93(118(7,8)9)73-94(65-89)119(10,11)12)50-60-106(101)129(96-54-46-79(47-55-96)77-33-21-14-22-34-77)108-71-90(70-107(109(108)120)128(105)95-52-44-78(45-53-95)76-31-19-13-20-32-76)84-48-57-102-97(66-84)98-67-87(114-124-110(80-35-23-15-24-36-80)122-111(125-114)81-37-25-16-26-38-81)51-58-103(98)130(102)104-56-43-75(74-121)61-99(104)115-126-112(82-39-27-17-28-40-82)123-113(127-115)83-41-29-18-30-42-83/h13-73H,1-12H3. The van der Waals surface area contributed by atoms with E-state index in [0.717, 1.165) is 134 Å². The Morgan fingerprint density at radius 3 is 0.892 bits per heavy atom. The van der Waals surface area contributed by atoms with E-state index in [0.29, 0.717) is 46.1 Å². The van der Waals surface area contributed by atoms with Gasteiger partial charge < -0.3 is 14.4 Å². The Balaban J connectivity index is 0.854. The summed E-state index contributed by atoms with van der Waals surface area (Å²) in [6.45, 7) is 27.7. The summed E-state index contributed by atoms with van der Waals surface area (Å²) in [5.74, 6) is 3.08. The van der Waals surface area contributed by atoms with Crippen molar-refractivity contribution in [3.8, 4) is 136 Å². The third-order valence-corrected chi connectivity index (χ3v) is 25.9. The fraction of sp³-hybridized carbons (Fsp3) is 0.134. The van der Waals surface area contributed by atoms with E-state index in [1.54, 1.807) is 0 Å². The van der Waals surface area contributed by atoms with E-state index < -0.39 is 0 Å². The van der Waals surface area contributed by atoms with Crippen molar-refractivity contribution in [1.29, 1.82) is 5.26 Å². The molecule has 0 bridgehead atoms. The van der Waals surface area contributed by atoms with Crippen molar-refractivity contribution in [3.05, 3.63) is 398 Å². The molecule has 10 nitrogen and oxygen atoms in total. The number of benzene rings is 16. The van der Waals surface area contributed by atoms with Gasteiger partial charge in [-0.15, -0.1) is 0 Å². The van der Waals surface area contributed by atoms with E-state index in [2.05, 4.69) is 334 Å². The second kappa shape index (κ2) is 32.1. The molecule has 0 aliphatic carbocycles. The molecule has 16 aromatic carbocycles. The van der Waals surface area contributed by atoms with Gasteiger partial charge in [-0.2, -0.15) is 5.26 Å². The minimum atomic E-state index is -0.290. The zero-order valence-corrected chi connectivity index (χ0v) is 75.3. The molecule has 0 atom stereocenters. The second-order valence-corrected chi connectivity index (χ2v) is 38.7. The van der Waals surface area contributed by atoms with Gasteiger partial charge in [0.25, 0.3) is 6.71 Å². The minimum absolute atomic E-state index is 0.122. The Bertz CT molecular complexity index is 7250. The van der Waals surface area contributed by atoms with Gasteiger partial charge in [0.1, 0.15) is 0 Å². The first-order valence-corrected chi connectivity index (χ1v) is 45.0. The SMILES string of the molecule is CC(C)(C)c1cc(-c2ccc3c(c2)B2c4cc(-c5cc(C(C)(C)C)cc(C(C)(C)C)c5)ccc4N(c4ccc(-c5ccccc5)cc4)c4cc(-c5ccc6c(c5)c5cc(-c7nc(-c8ccccc8)nc(-c8ccccc8)n7)ccc5n6-c5ccc(C#N)cc5-c5nc(-c6ccccc6)nc(-c6ccccc6)n5)cc(c42)N3c2ccc(-c3ccccc3)cc2)cc(C(C)(C)C)c1. The number of nitriles is 1. The van der Waals surface area contributed by atoms with Gasteiger partial charge in [-0.25, -0.2) is 29.9 Å². The summed E-state index contributed by atoms with van der Waals surface area (Å²) >= 11 is 0. The largest absolute Gasteiger partial charge is 0.311 e. The molecule has 130 heavy (non-hydrogen) atoms. The molecule has 19 aromatic rings. The zero-order valence-electron chi connectivity index (χ0n) is 75.3. The summed E-state index contributed by atoms with van der Waals surface area (Å²) in [6.07, 6.45) is 0. The second-order valence-electron chi connectivity index (χ2n) is 38.7. The van der Waals surface area contributed by atoms with Crippen molar-refractivity contribution in [3.63, 3.8) is 0 Å². The lowest BCUT2D eigenvalue weighted by atomic mass is 9.33. The first-order chi connectivity index (χ1) is 62.9. The van der Waals surface area contributed by atoms with E-state index in [9.17, 15) is 5.26 Å². The van der Waals surface area contributed by atoms with Crippen LogP contribution in [-0.4, -0.2) is 41.2 Å². The van der Waals surface area contributed by atoms with Crippen molar-refractivity contribution >= 4 is 79.0 Å². The molecule has 0 saturated carbocycles. The average molecular weight is 1680 g/mol. The molecule has 21 rings (SSSR count). The smallest absolute Gasteiger partial charge is 0.252 e. The predicted octanol–water partition coefficient (Wildman–Crippen LogP) is 28.6. The third-order valence-electron chi connectivity index (χ3n) is 25.9. The lowest BCUT2D eigenvalue weighted by Gasteiger charge is -2.45. The number of nitrogens with zero attached hydrogens (tertiary/aromatic N) is 10. The van der Waals surface area contributed by atoms with Crippen LogP contribution in [0.3, 0.4) is 0 Å². The van der Waals surface area contributed by atoms with Crippen LogP contribution in [0.4, 0.5) is 34.1 Å². The van der Waals surface area contributed by atoms with E-state index in [4.69, 9.17) is 29.9 Å². The maximum atomic E-state index is 11.0. The molecule has 5 heterocycles. The molecular weight excluding hydrogens is 1580 g/mol. The third kappa shape index (κ3) is 15.2. The van der Waals surface area contributed by atoms with Crippen LogP contribution in [-0.2, 0) is 21.7 Å². The summed E-state index contributed by atoms with van der Waals surface area (Å²) in [5.41, 5.74) is 33.9. The molecule has 2 aliphatic heterocycles. The Morgan fingerprint density at radius 2 is 0.531 bits per heavy atom. The number of hydrogen-bond acceptors (Lipinski definition) is 9. The van der Waals surface area contributed by atoms with Gasteiger partial charge in [-0.3, -0.25) is 0 Å². The van der Waals surface area contributed by atoms with Gasteiger partial charge in [0.15, 0.2) is 34.9 Å². The van der Waals surface area contributed by atoms with Crippen molar-refractivity contribution in [1.82, 2.24) is 34.5 Å². The molecule has 3 aromatic heterocycles. The molecule has 0 amide bonds. The van der Waals surface area contributed by atoms with Gasteiger partial charge in [-0.1, -0.05) is 356 Å². The van der Waals surface area contributed by atoms with Crippen molar-refractivity contribution in [2.75, 3.05) is 9.80 Å². The molecule has 626 valence electrons. The molecule has 0 fully saturated rings. The fourth-order valence-electron chi connectivity index (χ4n) is 18.7. The van der Waals surface area contributed by atoms with Gasteiger partial charge in [0, 0.05) is 78.3 Å². The van der Waals surface area contributed by atoms with Crippen LogP contribution in [0.5, 0.6) is 0 Å². The summed E-state index contributed by atoms with van der Waals surface area (Å²) < 4.78 is 2.31. The van der Waals surface area contributed by atoms with Crippen molar-refractivity contribution in [2.24, 2.45) is 0 Å². The quantitative estimate of drug-likeness (QED) is 0.0982. The van der Waals surface area contributed by atoms with Crippen LogP contribution in [0.2, 0.25) is 0 Å². The highest BCUT2D eigenvalue weighted by Crippen LogP contribution is 2.51. The highest BCUT2D eigenvalue weighted by molar-refractivity contribution is 7.00. The van der Waals surface area contributed by atoms with Gasteiger partial charge in [-0.05, 0) is 213 Å². The van der Waals surface area contributed by atoms with Crippen LogP contribution in [0.1, 0.15) is 111 Å². The van der Waals surface area contributed by atoms with Crippen LogP contribution < -0.4 is 26.2 Å². The van der Waals surface area contributed by atoms with Gasteiger partial charge in [0.05, 0.1) is 28.4 Å². The number of rotatable bonds is 14. The minimum Gasteiger partial charge on any atom is -0.311 e. The first-order valence-electron chi connectivity index (χ1n) is 45.0. The summed E-state index contributed by atoms with van der Waals surface area (Å²) in [7, 11) is 0. The monoisotopic (exact) mass is 1680 g/mol. The zero-order chi connectivity index (χ0) is 89.1. The fourth-order valence-corrected chi connectivity index (χ4v) is 18.7.